The normalized spacial score (nSPS) is 10.0. The first-order valence-electron chi connectivity index (χ1n) is 5.10. The number of esters is 1. The molecule has 0 saturated heterocycles. The molecule has 2 aromatic rings. The van der Waals surface area contributed by atoms with E-state index in [0.717, 1.165) is 12.1 Å². The van der Waals surface area contributed by atoms with Crippen molar-refractivity contribution >= 4 is 5.97 Å². The lowest BCUT2D eigenvalue weighted by Gasteiger charge is -2.08. The van der Waals surface area contributed by atoms with Gasteiger partial charge in [-0.05, 0) is 12.1 Å². The highest BCUT2D eigenvalue weighted by Gasteiger charge is 2.16. The Bertz CT molecular complexity index is 554. The molecular formula is C13H10O5. The van der Waals surface area contributed by atoms with E-state index in [1.807, 2.05) is 0 Å². The average molecular weight is 246 g/mol. The summed E-state index contributed by atoms with van der Waals surface area (Å²) in [5.41, 5.74) is 0.282. The molecule has 92 valence electrons. The molecule has 2 rings (SSSR count). The van der Waals surface area contributed by atoms with Crippen molar-refractivity contribution in [3.8, 4) is 23.0 Å². The number of hydrogen-bond acceptors (Lipinski definition) is 5. The van der Waals surface area contributed by atoms with E-state index in [4.69, 9.17) is 9.84 Å². The lowest BCUT2D eigenvalue weighted by Crippen LogP contribution is -2.08. The minimum atomic E-state index is -0.716. The van der Waals surface area contributed by atoms with Crippen LogP contribution in [0.25, 0.3) is 0 Å². The summed E-state index contributed by atoms with van der Waals surface area (Å²) in [7, 11) is 0. The highest BCUT2D eigenvalue weighted by atomic mass is 16.5. The molecule has 5 heteroatoms. The summed E-state index contributed by atoms with van der Waals surface area (Å²) >= 11 is 0. The van der Waals surface area contributed by atoms with Gasteiger partial charge in [-0.15, -0.1) is 0 Å². The first-order valence-corrected chi connectivity index (χ1v) is 5.10. The number of rotatable bonds is 2. The van der Waals surface area contributed by atoms with E-state index in [1.165, 1.54) is 12.1 Å². The fourth-order valence-corrected chi connectivity index (χ4v) is 1.41. The van der Waals surface area contributed by atoms with Crippen LogP contribution >= 0.6 is 0 Å². The van der Waals surface area contributed by atoms with E-state index in [9.17, 15) is 15.0 Å². The van der Waals surface area contributed by atoms with E-state index >= 15 is 0 Å². The van der Waals surface area contributed by atoms with Gasteiger partial charge in [0.25, 0.3) is 0 Å². The van der Waals surface area contributed by atoms with Gasteiger partial charge in [-0.3, -0.25) is 0 Å². The van der Waals surface area contributed by atoms with E-state index in [-0.39, 0.29) is 17.1 Å². The Labute approximate surface area is 103 Å². The summed E-state index contributed by atoms with van der Waals surface area (Å²) in [6.07, 6.45) is 0. The van der Waals surface area contributed by atoms with Crippen LogP contribution in [0.1, 0.15) is 10.4 Å². The van der Waals surface area contributed by atoms with E-state index in [2.05, 4.69) is 0 Å². The van der Waals surface area contributed by atoms with Crippen molar-refractivity contribution in [2.24, 2.45) is 0 Å². The van der Waals surface area contributed by atoms with Crippen molar-refractivity contribution in [2.45, 2.75) is 0 Å². The maximum absolute atomic E-state index is 11.7. The molecule has 0 aliphatic carbocycles. The van der Waals surface area contributed by atoms with Crippen LogP contribution in [0.5, 0.6) is 23.0 Å². The van der Waals surface area contributed by atoms with Crippen LogP contribution < -0.4 is 4.74 Å². The number of carbonyl (C=O) groups excluding carboxylic acids is 1. The molecule has 0 saturated carbocycles. The number of phenolic OH excluding ortho intramolecular Hbond substituents is 3. The number of carbonyl (C=O) groups is 1. The van der Waals surface area contributed by atoms with Crippen molar-refractivity contribution in [1.29, 1.82) is 0 Å². The highest BCUT2D eigenvalue weighted by molar-refractivity contribution is 5.91. The molecule has 0 aromatic heterocycles. The predicted molar refractivity (Wildman–Crippen MR) is 62.8 cm³/mol. The third-order valence-electron chi connectivity index (χ3n) is 2.24. The smallest absolute Gasteiger partial charge is 0.343 e. The molecule has 0 heterocycles. The van der Waals surface area contributed by atoms with E-state index < -0.39 is 17.5 Å². The zero-order valence-corrected chi connectivity index (χ0v) is 9.20. The van der Waals surface area contributed by atoms with Crippen LogP contribution in [0, 0.1) is 0 Å². The van der Waals surface area contributed by atoms with Crippen molar-refractivity contribution < 1.29 is 24.9 Å². The van der Waals surface area contributed by atoms with E-state index in [1.54, 1.807) is 18.2 Å². The maximum atomic E-state index is 11.7. The summed E-state index contributed by atoms with van der Waals surface area (Å²) in [6, 6.07) is 10.1. The fourth-order valence-electron chi connectivity index (χ4n) is 1.41. The molecule has 0 unspecified atom stereocenters. The molecule has 0 aliphatic rings. The van der Waals surface area contributed by atoms with Crippen LogP contribution in [-0.2, 0) is 0 Å². The molecule has 0 aliphatic heterocycles. The van der Waals surface area contributed by atoms with Gasteiger partial charge >= 0.3 is 5.97 Å². The van der Waals surface area contributed by atoms with Gasteiger partial charge in [0.1, 0.15) is 5.75 Å². The second kappa shape index (κ2) is 4.67. The Morgan fingerprint density at radius 2 is 1.50 bits per heavy atom. The maximum Gasteiger partial charge on any atom is 0.343 e. The molecule has 0 fully saturated rings. The Morgan fingerprint density at radius 3 is 2.06 bits per heavy atom. The Hall–Kier alpha value is -2.69. The number of hydrogen-bond donors (Lipinski definition) is 3. The van der Waals surface area contributed by atoms with Crippen molar-refractivity contribution in [2.75, 3.05) is 0 Å². The lowest BCUT2D eigenvalue weighted by atomic mass is 10.2. The van der Waals surface area contributed by atoms with Gasteiger partial charge in [-0.1, -0.05) is 18.2 Å². The standard InChI is InChI=1S/C13H10O5/c14-9-6-10(15)12(11(16)7-9)18-13(17)8-4-2-1-3-5-8/h1-7,14-16H. The SMILES string of the molecule is O=C(Oc1c(O)cc(O)cc1O)c1ccccc1. The zero-order valence-electron chi connectivity index (χ0n) is 9.20. The topological polar surface area (TPSA) is 87.0 Å². The average Bonchev–Trinajstić information content (AvgIpc) is 2.34. The Kier molecular flexibility index (Phi) is 3.05. The van der Waals surface area contributed by atoms with Gasteiger partial charge in [0.2, 0.25) is 5.75 Å². The van der Waals surface area contributed by atoms with Crippen molar-refractivity contribution in [3.05, 3.63) is 48.0 Å². The van der Waals surface area contributed by atoms with Gasteiger partial charge in [0.05, 0.1) is 5.56 Å². The van der Waals surface area contributed by atoms with Crippen LogP contribution in [0.2, 0.25) is 0 Å². The van der Waals surface area contributed by atoms with E-state index in [0.29, 0.717) is 0 Å². The van der Waals surface area contributed by atoms with Gasteiger partial charge in [0, 0.05) is 12.1 Å². The zero-order chi connectivity index (χ0) is 13.1. The molecule has 18 heavy (non-hydrogen) atoms. The molecule has 0 radical (unpaired) electrons. The second-order valence-corrected chi connectivity index (χ2v) is 3.57. The van der Waals surface area contributed by atoms with Gasteiger partial charge in [-0.25, -0.2) is 4.79 Å². The lowest BCUT2D eigenvalue weighted by molar-refractivity contribution is 0.0724. The fraction of sp³-hybridized carbons (Fsp3) is 0. The quantitative estimate of drug-likeness (QED) is 0.557. The highest BCUT2D eigenvalue weighted by Crippen LogP contribution is 2.39. The van der Waals surface area contributed by atoms with Crippen LogP contribution in [0.3, 0.4) is 0 Å². The second-order valence-electron chi connectivity index (χ2n) is 3.57. The Balaban J connectivity index is 2.28. The molecule has 0 amide bonds. The number of ether oxygens (including phenoxy) is 1. The van der Waals surface area contributed by atoms with Gasteiger partial charge in [0.15, 0.2) is 11.5 Å². The predicted octanol–water partition coefficient (Wildman–Crippen LogP) is 2.02. The van der Waals surface area contributed by atoms with Crippen LogP contribution in [-0.4, -0.2) is 21.3 Å². The summed E-state index contributed by atoms with van der Waals surface area (Å²) in [4.78, 5) is 11.7. The summed E-state index contributed by atoms with van der Waals surface area (Å²) in [5.74, 6) is -2.47. The largest absolute Gasteiger partial charge is 0.508 e. The minimum Gasteiger partial charge on any atom is -0.508 e. The number of benzene rings is 2. The Morgan fingerprint density at radius 1 is 0.944 bits per heavy atom. The molecule has 0 atom stereocenters. The monoisotopic (exact) mass is 246 g/mol. The minimum absolute atomic E-state index is 0.282. The molecular weight excluding hydrogens is 236 g/mol. The number of aromatic hydroxyl groups is 3. The van der Waals surface area contributed by atoms with Crippen LogP contribution in [0.15, 0.2) is 42.5 Å². The van der Waals surface area contributed by atoms with Crippen molar-refractivity contribution in [1.82, 2.24) is 0 Å². The molecule has 5 nitrogen and oxygen atoms in total. The third-order valence-corrected chi connectivity index (χ3v) is 2.24. The van der Waals surface area contributed by atoms with Crippen LogP contribution in [0.4, 0.5) is 0 Å². The molecule has 0 spiro atoms. The molecule has 2 aromatic carbocycles. The van der Waals surface area contributed by atoms with Gasteiger partial charge < -0.3 is 20.1 Å². The third kappa shape index (κ3) is 2.35. The number of phenols is 3. The van der Waals surface area contributed by atoms with Gasteiger partial charge in [-0.2, -0.15) is 0 Å². The summed E-state index contributed by atoms with van der Waals surface area (Å²) in [5, 5.41) is 28.1. The molecule has 3 N–H and O–H groups in total. The summed E-state index contributed by atoms with van der Waals surface area (Å²) < 4.78 is 4.87. The first kappa shape index (κ1) is 11.8. The van der Waals surface area contributed by atoms with Crippen molar-refractivity contribution in [3.63, 3.8) is 0 Å². The summed E-state index contributed by atoms with van der Waals surface area (Å²) in [6.45, 7) is 0. The molecule has 0 bridgehead atoms. The first-order chi connectivity index (χ1) is 8.58.